The van der Waals surface area contributed by atoms with E-state index in [1.165, 1.54) is 7.11 Å². The maximum absolute atomic E-state index is 11.7. The predicted octanol–water partition coefficient (Wildman–Crippen LogP) is 2.12. The Morgan fingerprint density at radius 3 is 2.45 bits per heavy atom. The van der Waals surface area contributed by atoms with Gasteiger partial charge in [0.2, 0.25) is 5.91 Å². The highest BCUT2D eigenvalue weighted by Crippen LogP contribution is 2.17. The summed E-state index contributed by atoms with van der Waals surface area (Å²) < 4.78 is 9.99. The molecule has 1 aromatic rings. The van der Waals surface area contributed by atoms with Crippen molar-refractivity contribution in [1.82, 2.24) is 0 Å². The fourth-order valence-corrected chi connectivity index (χ4v) is 1.83. The number of anilines is 1. The first-order chi connectivity index (χ1) is 10.6. The van der Waals surface area contributed by atoms with Crippen LogP contribution in [0.3, 0.4) is 0 Å². The van der Waals surface area contributed by atoms with Crippen molar-refractivity contribution in [1.29, 1.82) is 0 Å². The highest BCUT2D eigenvalue weighted by atomic mass is 16.6. The lowest BCUT2D eigenvalue weighted by Crippen LogP contribution is -2.24. The number of hydrogen-bond donors (Lipinski definition) is 2. The fraction of sp³-hybridized carbons (Fsp3) is 0.500. The number of esters is 1. The molecular formula is C16H23NO5. The average Bonchev–Trinajstić information content (AvgIpc) is 2.52. The zero-order chi connectivity index (χ0) is 16.4. The first-order valence-corrected chi connectivity index (χ1v) is 7.32. The van der Waals surface area contributed by atoms with Crippen LogP contribution in [0.2, 0.25) is 0 Å². The minimum Gasteiger partial charge on any atom is -0.479 e. The summed E-state index contributed by atoms with van der Waals surface area (Å²) >= 11 is 0. The van der Waals surface area contributed by atoms with Crippen LogP contribution in [0.5, 0.6) is 5.75 Å². The predicted molar refractivity (Wildman–Crippen MR) is 82.7 cm³/mol. The lowest BCUT2D eigenvalue weighted by atomic mass is 10.2. The second-order valence-corrected chi connectivity index (χ2v) is 4.89. The number of amides is 1. The van der Waals surface area contributed by atoms with E-state index in [0.717, 1.165) is 19.3 Å². The summed E-state index contributed by atoms with van der Waals surface area (Å²) in [5, 5.41) is 11.4. The number of nitrogens with one attached hydrogen (secondary N) is 1. The van der Waals surface area contributed by atoms with Crippen LogP contribution in [0.15, 0.2) is 24.3 Å². The molecule has 6 heteroatoms. The molecule has 1 unspecified atom stereocenters. The van der Waals surface area contributed by atoms with Gasteiger partial charge in [-0.2, -0.15) is 0 Å². The molecule has 0 saturated carbocycles. The Kier molecular flexibility index (Phi) is 7.99. The Bertz CT molecular complexity index is 472. The maximum Gasteiger partial charge on any atom is 0.346 e. The van der Waals surface area contributed by atoms with Gasteiger partial charge in [-0.3, -0.25) is 4.79 Å². The molecule has 0 heterocycles. The molecular weight excluding hydrogens is 286 g/mol. The van der Waals surface area contributed by atoms with Crippen molar-refractivity contribution in [2.24, 2.45) is 0 Å². The largest absolute Gasteiger partial charge is 0.479 e. The molecule has 2 N–H and O–H groups in total. The van der Waals surface area contributed by atoms with Gasteiger partial charge < -0.3 is 19.9 Å². The van der Waals surface area contributed by atoms with Crippen molar-refractivity contribution in [2.45, 2.75) is 38.7 Å². The molecule has 0 fully saturated rings. The summed E-state index contributed by atoms with van der Waals surface area (Å²) in [6, 6.07) is 6.79. The zero-order valence-electron chi connectivity index (χ0n) is 13.0. The quantitative estimate of drug-likeness (QED) is 0.539. The van der Waals surface area contributed by atoms with Crippen LogP contribution < -0.4 is 10.1 Å². The van der Waals surface area contributed by atoms with Crippen molar-refractivity contribution in [3.8, 4) is 5.75 Å². The summed E-state index contributed by atoms with van der Waals surface area (Å²) in [5.74, 6) is 0.0219. The number of carbonyl (C=O) groups excluding carboxylic acids is 2. The molecule has 0 aliphatic heterocycles. The van der Waals surface area contributed by atoms with E-state index < -0.39 is 12.1 Å². The molecule has 0 aromatic heterocycles. The van der Waals surface area contributed by atoms with E-state index in [9.17, 15) is 9.59 Å². The number of ether oxygens (including phenoxy) is 2. The average molecular weight is 309 g/mol. The van der Waals surface area contributed by atoms with Gasteiger partial charge in [0.25, 0.3) is 0 Å². The smallest absolute Gasteiger partial charge is 0.346 e. The molecule has 0 bridgehead atoms. The van der Waals surface area contributed by atoms with E-state index in [2.05, 4.69) is 10.1 Å². The van der Waals surface area contributed by atoms with E-state index in [-0.39, 0.29) is 12.5 Å². The van der Waals surface area contributed by atoms with E-state index in [1.807, 2.05) is 0 Å². The van der Waals surface area contributed by atoms with E-state index in [0.29, 0.717) is 17.9 Å². The Hall–Kier alpha value is -2.08. The van der Waals surface area contributed by atoms with Gasteiger partial charge >= 0.3 is 5.97 Å². The second kappa shape index (κ2) is 9.78. The minimum atomic E-state index is -0.683. The molecule has 0 radical (unpaired) electrons. The number of hydrogen-bond acceptors (Lipinski definition) is 5. The number of benzene rings is 1. The highest BCUT2D eigenvalue weighted by molar-refractivity contribution is 5.90. The first-order valence-electron chi connectivity index (χ1n) is 7.32. The van der Waals surface area contributed by atoms with Crippen LogP contribution in [0.4, 0.5) is 5.69 Å². The van der Waals surface area contributed by atoms with Gasteiger partial charge in [-0.25, -0.2) is 4.79 Å². The van der Waals surface area contributed by atoms with Crippen LogP contribution >= 0.6 is 0 Å². The number of methoxy groups -OCH3 is 1. The van der Waals surface area contributed by atoms with Crippen LogP contribution in [0, 0.1) is 0 Å². The second-order valence-electron chi connectivity index (χ2n) is 4.89. The standard InChI is InChI=1S/C16H23NO5/c1-12(16(20)21-2)22-14-9-7-13(8-10-14)17-15(19)6-4-3-5-11-18/h7-10,12,18H,3-6,11H2,1-2H3,(H,17,19). The first kappa shape index (κ1) is 18.0. The molecule has 1 aromatic carbocycles. The molecule has 0 aliphatic rings. The summed E-state index contributed by atoms with van der Waals surface area (Å²) in [5.41, 5.74) is 0.672. The van der Waals surface area contributed by atoms with Crippen molar-refractivity contribution < 1.29 is 24.2 Å². The Morgan fingerprint density at radius 1 is 1.18 bits per heavy atom. The molecule has 0 spiro atoms. The minimum absolute atomic E-state index is 0.0606. The molecule has 1 atom stereocenters. The normalized spacial score (nSPS) is 11.6. The fourth-order valence-electron chi connectivity index (χ4n) is 1.83. The number of aliphatic hydroxyl groups excluding tert-OH is 1. The maximum atomic E-state index is 11.7. The molecule has 122 valence electrons. The van der Waals surface area contributed by atoms with Gasteiger partial charge in [-0.15, -0.1) is 0 Å². The summed E-state index contributed by atoms with van der Waals surface area (Å²) in [6.45, 7) is 1.76. The van der Waals surface area contributed by atoms with Gasteiger partial charge in [-0.1, -0.05) is 6.42 Å². The molecule has 0 aliphatic carbocycles. The van der Waals surface area contributed by atoms with Crippen molar-refractivity contribution in [3.05, 3.63) is 24.3 Å². The summed E-state index contributed by atoms with van der Waals surface area (Å²) in [6.07, 6.45) is 2.05. The van der Waals surface area contributed by atoms with Crippen LogP contribution in [0.25, 0.3) is 0 Å². The lowest BCUT2D eigenvalue weighted by molar-refractivity contribution is -0.147. The third kappa shape index (κ3) is 6.58. The molecule has 1 amide bonds. The van der Waals surface area contributed by atoms with E-state index in [1.54, 1.807) is 31.2 Å². The van der Waals surface area contributed by atoms with Crippen LogP contribution in [0.1, 0.15) is 32.6 Å². The molecule has 1 rings (SSSR count). The van der Waals surface area contributed by atoms with Gasteiger partial charge in [0.05, 0.1) is 7.11 Å². The summed E-state index contributed by atoms with van der Waals surface area (Å²) in [7, 11) is 1.31. The van der Waals surface area contributed by atoms with Gasteiger partial charge in [0.15, 0.2) is 6.10 Å². The number of carbonyl (C=O) groups is 2. The highest BCUT2D eigenvalue weighted by Gasteiger charge is 2.14. The zero-order valence-corrected chi connectivity index (χ0v) is 13.0. The third-order valence-electron chi connectivity index (χ3n) is 3.05. The van der Waals surface area contributed by atoms with Gasteiger partial charge in [-0.05, 0) is 44.0 Å². The van der Waals surface area contributed by atoms with Crippen LogP contribution in [-0.4, -0.2) is 36.8 Å². The lowest BCUT2D eigenvalue weighted by Gasteiger charge is -2.13. The number of unbranched alkanes of at least 4 members (excludes halogenated alkanes) is 2. The Labute approximate surface area is 130 Å². The van der Waals surface area contributed by atoms with Crippen LogP contribution in [-0.2, 0) is 14.3 Å². The monoisotopic (exact) mass is 309 g/mol. The van der Waals surface area contributed by atoms with E-state index in [4.69, 9.17) is 9.84 Å². The number of aliphatic hydroxyl groups is 1. The summed E-state index contributed by atoms with van der Waals surface area (Å²) in [4.78, 5) is 23.0. The van der Waals surface area contributed by atoms with Gasteiger partial charge in [0.1, 0.15) is 5.75 Å². The van der Waals surface area contributed by atoms with E-state index >= 15 is 0 Å². The van der Waals surface area contributed by atoms with Gasteiger partial charge in [0, 0.05) is 18.7 Å². The topological polar surface area (TPSA) is 84.9 Å². The van der Waals surface area contributed by atoms with Crippen molar-refractivity contribution in [2.75, 3.05) is 19.0 Å². The van der Waals surface area contributed by atoms with Crippen molar-refractivity contribution in [3.63, 3.8) is 0 Å². The Morgan fingerprint density at radius 2 is 1.86 bits per heavy atom. The molecule has 0 saturated heterocycles. The number of rotatable bonds is 9. The molecule has 6 nitrogen and oxygen atoms in total. The SMILES string of the molecule is COC(=O)C(C)Oc1ccc(NC(=O)CCCCCO)cc1. The molecule has 22 heavy (non-hydrogen) atoms. The third-order valence-corrected chi connectivity index (χ3v) is 3.05. The van der Waals surface area contributed by atoms with Crippen molar-refractivity contribution >= 4 is 17.6 Å². The Balaban J connectivity index is 2.41.